The van der Waals surface area contributed by atoms with Crippen LogP contribution in [0.25, 0.3) is 0 Å². The summed E-state index contributed by atoms with van der Waals surface area (Å²) >= 11 is 0. The quantitative estimate of drug-likeness (QED) is 0.698. The van der Waals surface area contributed by atoms with Gasteiger partial charge in [-0.1, -0.05) is 19.1 Å². The molecule has 1 aromatic carbocycles. The van der Waals surface area contributed by atoms with E-state index in [2.05, 4.69) is 12.2 Å². The molecule has 0 saturated heterocycles. The van der Waals surface area contributed by atoms with Crippen molar-refractivity contribution in [3.8, 4) is 0 Å². The maximum Gasteiger partial charge on any atom is 0.169 e. The van der Waals surface area contributed by atoms with Crippen molar-refractivity contribution in [3.63, 3.8) is 0 Å². The lowest BCUT2D eigenvalue weighted by Crippen LogP contribution is -2.34. The van der Waals surface area contributed by atoms with E-state index in [0.29, 0.717) is 19.8 Å². The summed E-state index contributed by atoms with van der Waals surface area (Å²) in [6.45, 7) is 7.77. The summed E-state index contributed by atoms with van der Waals surface area (Å²) < 4.78 is 24.2. The van der Waals surface area contributed by atoms with Crippen molar-refractivity contribution in [2.24, 2.45) is 0 Å². The Kier molecular flexibility index (Phi) is 7.63. The van der Waals surface area contributed by atoms with Gasteiger partial charge in [0.05, 0.1) is 0 Å². The standard InChI is InChI=1S/C15H24FNO2/c1-4-14(12-8-7-9-13(16)10-12)17-11-15(18-5-2)19-6-3/h7-10,14-15,17H,4-6,11H2,1-3H3. The number of ether oxygens (including phenoxy) is 2. The Labute approximate surface area is 115 Å². The Balaban J connectivity index is 2.56. The van der Waals surface area contributed by atoms with Crippen LogP contribution in [0.3, 0.4) is 0 Å². The zero-order valence-corrected chi connectivity index (χ0v) is 12.0. The molecule has 0 aliphatic carbocycles. The van der Waals surface area contributed by atoms with Crippen LogP contribution in [0.15, 0.2) is 24.3 Å². The Morgan fingerprint density at radius 3 is 2.37 bits per heavy atom. The first-order valence-corrected chi connectivity index (χ1v) is 6.93. The lowest BCUT2D eigenvalue weighted by atomic mass is 10.0. The van der Waals surface area contributed by atoms with E-state index in [4.69, 9.17) is 9.47 Å². The van der Waals surface area contributed by atoms with Crippen LogP contribution in [-0.4, -0.2) is 26.0 Å². The Bertz CT molecular complexity index is 354. The molecule has 0 radical (unpaired) electrons. The van der Waals surface area contributed by atoms with Gasteiger partial charge in [-0.25, -0.2) is 4.39 Å². The molecule has 0 bridgehead atoms. The molecule has 19 heavy (non-hydrogen) atoms. The highest BCUT2D eigenvalue weighted by Crippen LogP contribution is 2.17. The zero-order chi connectivity index (χ0) is 14.1. The number of hydrogen-bond donors (Lipinski definition) is 1. The third-order valence-electron chi connectivity index (χ3n) is 2.90. The van der Waals surface area contributed by atoms with Gasteiger partial charge >= 0.3 is 0 Å². The molecule has 1 rings (SSSR count). The van der Waals surface area contributed by atoms with Crippen molar-refractivity contribution in [2.75, 3.05) is 19.8 Å². The summed E-state index contributed by atoms with van der Waals surface area (Å²) in [6, 6.07) is 6.80. The molecule has 0 saturated carbocycles. The van der Waals surface area contributed by atoms with Gasteiger partial charge in [-0.05, 0) is 38.0 Å². The van der Waals surface area contributed by atoms with Crippen molar-refractivity contribution >= 4 is 0 Å². The minimum absolute atomic E-state index is 0.110. The van der Waals surface area contributed by atoms with Gasteiger partial charge in [0.15, 0.2) is 6.29 Å². The molecule has 0 aliphatic heterocycles. The van der Waals surface area contributed by atoms with Crippen LogP contribution in [0.2, 0.25) is 0 Å². The van der Waals surface area contributed by atoms with Gasteiger partial charge in [0.2, 0.25) is 0 Å². The zero-order valence-electron chi connectivity index (χ0n) is 12.0. The third kappa shape index (κ3) is 5.68. The largest absolute Gasteiger partial charge is 0.352 e. The highest BCUT2D eigenvalue weighted by molar-refractivity contribution is 5.20. The Hall–Kier alpha value is -0.970. The van der Waals surface area contributed by atoms with Crippen molar-refractivity contribution in [1.29, 1.82) is 0 Å². The number of benzene rings is 1. The molecule has 108 valence electrons. The van der Waals surface area contributed by atoms with Gasteiger partial charge in [-0.3, -0.25) is 0 Å². The van der Waals surface area contributed by atoms with Crippen molar-refractivity contribution in [2.45, 2.75) is 39.5 Å². The number of hydrogen-bond acceptors (Lipinski definition) is 3. The highest BCUT2D eigenvalue weighted by Gasteiger charge is 2.13. The Morgan fingerprint density at radius 1 is 1.16 bits per heavy atom. The van der Waals surface area contributed by atoms with Gasteiger partial charge in [-0.2, -0.15) is 0 Å². The predicted octanol–water partition coefficient (Wildman–Crippen LogP) is 3.27. The van der Waals surface area contributed by atoms with Crippen LogP contribution in [0.4, 0.5) is 4.39 Å². The summed E-state index contributed by atoms with van der Waals surface area (Å²) in [6.07, 6.45) is 0.631. The number of halogens is 1. The van der Waals surface area contributed by atoms with Gasteiger partial charge in [0, 0.05) is 25.8 Å². The number of nitrogens with one attached hydrogen (secondary N) is 1. The second kappa shape index (κ2) is 9.02. The monoisotopic (exact) mass is 269 g/mol. The minimum Gasteiger partial charge on any atom is -0.352 e. The van der Waals surface area contributed by atoms with E-state index < -0.39 is 0 Å². The van der Waals surface area contributed by atoms with Crippen LogP contribution in [0.5, 0.6) is 0 Å². The van der Waals surface area contributed by atoms with Crippen LogP contribution in [0.1, 0.15) is 38.8 Å². The van der Waals surface area contributed by atoms with Crippen LogP contribution >= 0.6 is 0 Å². The maximum absolute atomic E-state index is 13.2. The van der Waals surface area contributed by atoms with Gasteiger partial charge < -0.3 is 14.8 Å². The van der Waals surface area contributed by atoms with E-state index in [1.165, 1.54) is 6.07 Å². The van der Waals surface area contributed by atoms with E-state index >= 15 is 0 Å². The summed E-state index contributed by atoms with van der Waals surface area (Å²) in [7, 11) is 0. The fraction of sp³-hybridized carbons (Fsp3) is 0.600. The molecule has 3 nitrogen and oxygen atoms in total. The molecule has 1 unspecified atom stereocenters. The van der Waals surface area contributed by atoms with Gasteiger partial charge in [-0.15, -0.1) is 0 Å². The first-order valence-electron chi connectivity index (χ1n) is 6.93. The summed E-state index contributed by atoms with van der Waals surface area (Å²) in [4.78, 5) is 0. The molecule has 0 heterocycles. The fourth-order valence-corrected chi connectivity index (χ4v) is 2.00. The molecule has 4 heteroatoms. The van der Waals surface area contributed by atoms with Gasteiger partial charge in [0.1, 0.15) is 5.82 Å². The number of rotatable bonds is 9. The van der Waals surface area contributed by atoms with Gasteiger partial charge in [0.25, 0.3) is 0 Å². The normalized spacial score (nSPS) is 12.9. The molecule has 0 amide bonds. The minimum atomic E-state index is -0.252. The molecule has 0 aliphatic rings. The molecule has 0 fully saturated rings. The first kappa shape index (κ1) is 16.1. The smallest absolute Gasteiger partial charge is 0.169 e. The van der Waals surface area contributed by atoms with E-state index in [1.807, 2.05) is 19.9 Å². The SMILES string of the molecule is CCOC(CNC(CC)c1cccc(F)c1)OCC. The van der Waals surface area contributed by atoms with Crippen molar-refractivity contribution < 1.29 is 13.9 Å². The first-order chi connectivity index (χ1) is 9.21. The molecule has 0 aromatic heterocycles. The van der Waals surface area contributed by atoms with E-state index in [9.17, 15) is 4.39 Å². The summed E-state index contributed by atoms with van der Waals surface area (Å²) in [5.41, 5.74) is 0.953. The van der Waals surface area contributed by atoms with Crippen LogP contribution in [0, 0.1) is 5.82 Å². The summed E-state index contributed by atoms with van der Waals surface area (Å²) in [5, 5.41) is 3.37. The molecular weight excluding hydrogens is 245 g/mol. The third-order valence-corrected chi connectivity index (χ3v) is 2.90. The summed E-state index contributed by atoms with van der Waals surface area (Å²) in [5.74, 6) is -0.205. The predicted molar refractivity (Wildman–Crippen MR) is 74.5 cm³/mol. The second-order valence-electron chi connectivity index (χ2n) is 4.26. The fourth-order valence-electron chi connectivity index (χ4n) is 2.00. The topological polar surface area (TPSA) is 30.5 Å². The second-order valence-corrected chi connectivity index (χ2v) is 4.26. The molecule has 1 N–H and O–H groups in total. The average Bonchev–Trinajstić information content (AvgIpc) is 2.40. The van der Waals surface area contributed by atoms with Crippen molar-refractivity contribution in [1.82, 2.24) is 5.32 Å². The Morgan fingerprint density at radius 2 is 1.84 bits per heavy atom. The highest BCUT2D eigenvalue weighted by atomic mass is 19.1. The van der Waals surface area contributed by atoms with Crippen LogP contribution in [-0.2, 0) is 9.47 Å². The molecular formula is C15H24FNO2. The molecule has 0 spiro atoms. The maximum atomic E-state index is 13.2. The van der Waals surface area contributed by atoms with E-state index in [-0.39, 0.29) is 18.1 Å². The van der Waals surface area contributed by atoms with Crippen LogP contribution < -0.4 is 5.32 Å². The van der Waals surface area contributed by atoms with Crippen molar-refractivity contribution in [3.05, 3.63) is 35.6 Å². The molecule has 1 atom stereocenters. The average molecular weight is 269 g/mol. The lowest BCUT2D eigenvalue weighted by Gasteiger charge is -2.22. The van der Waals surface area contributed by atoms with E-state index in [0.717, 1.165) is 12.0 Å². The van der Waals surface area contributed by atoms with E-state index in [1.54, 1.807) is 12.1 Å². The lowest BCUT2D eigenvalue weighted by molar-refractivity contribution is -0.133. The molecule has 1 aromatic rings.